The minimum atomic E-state index is 0.164. The molecule has 0 aliphatic carbocycles. The fraction of sp³-hybridized carbons (Fsp3) is 0.316. The third kappa shape index (κ3) is 2.65. The first-order valence-electron chi connectivity index (χ1n) is 8.54. The van der Waals surface area contributed by atoms with Crippen LogP contribution in [0.1, 0.15) is 26.3 Å². The molecule has 2 aliphatic rings. The van der Waals surface area contributed by atoms with Crippen LogP contribution in [0.4, 0.5) is 0 Å². The number of rotatable bonds is 4. The Labute approximate surface area is 154 Å². The lowest BCUT2D eigenvalue weighted by Crippen LogP contribution is -2.49. The monoisotopic (exact) mass is 369 g/mol. The summed E-state index contributed by atoms with van der Waals surface area (Å²) < 4.78 is 2.20. The molecule has 5 rings (SSSR count). The van der Waals surface area contributed by atoms with E-state index in [1.165, 1.54) is 9.75 Å². The van der Waals surface area contributed by atoms with Gasteiger partial charge in [-0.1, -0.05) is 12.1 Å². The summed E-state index contributed by atoms with van der Waals surface area (Å²) in [5.41, 5.74) is 0.829. The highest BCUT2D eigenvalue weighted by Crippen LogP contribution is 2.35. The Morgan fingerprint density at radius 3 is 2.36 bits per heavy atom. The van der Waals surface area contributed by atoms with E-state index in [-0.39, 0.29) is 11.9 Å². The van der Waals surface area contributed by atoms with E-state index in [9.17, 15) is 4.79 Å². The Morgan fingerprint density at radius 1 is 0.920 bits per heavy atom. The summed E-state index contributed by atoms with van der Waals surface area (Å²) in [6, 6.07) is 13.0. The highest BCUT2D eigenvalue weighted by Gasteiger charge is 2.44. The largest absolute Gasteiger partial charge is 0.337 e. The highest BCUT2D eigenvalue weighted by molar-refractivity contribution is 7.10. The van der Waals surface area contributed by atoms with E-state index in [4.69, 9.17) is 0 Å². The van der Waals surface area contributed by atoms with Crippen molar-refractivity contribution in [1.29, 1.82) is 0 Å². The molecule has 6 heteroatoms. The zero-order valence-corrected chi connectivity index (χ0v) is 15.4. The molecule has 25 heavy (non-hydrogen) atoms. The summed E-state index contributed by atoms with van der Waals surface area (Å²) in [4.78, 5) is 20.3. The summed E-state index contributed by atoms with van der Waals surface area (Å²) in [5, 5.41) is 4.22. The fourth-order valence-electron chi connectivity index (χ4n) is 4.10. The number of carbonyl (C=O) groups excluding carboxylic acids is 1. The number of carbonyl (C=O) groups is 1. The van der Waals surface area contributed by atoms with Crippen LogP contribution in [0.2, 0.25) is 0 Å². The maximum absolute atomic E-state index is 13.1. The number of amides is 1. The topological polar surface area (TPSA) is 28.5 Å². The quantitative estimate of drug-likeness (QED) is 0.702. The van der Waals surface area contributed by atoms with Crippen LogP contribution in [0, 0.1) is 0 Å². The summed E-state index contributed by atoms with van der Waals surface area (Å²) in [5.74, 6) is 0.164. The molecular weight excluding hydrogens is 350 g/mol. The number of nitrogens with zero attached hydrogens (tertiary/aromatic N) is 3. The lowest BCUT2D eigenvalue weighted by molar-refractivity contribution is 0.0559. The molecule has 2 aliphatic heterocycles. The summed E-state index contributed by atoms with van der Waals surface area (Å²) >= 11 is 3.54. The van der Waals surface area contributed by atoms with Crippen LogP contribution < -0.4 is 0 Å². The van der Waals surface area contributed by atoms with Gasteiger partial charge in [0.05, 0.1) is 18.6 Å². The Hall–Kier alpha value is -1.89. The van der Waals surface area contributed by atoms with Crippen molar-refractivity contribution in [1.82, 2.24) is 14.4 Å². The van der Waals surface area contributed by atoms with Crippen LogP contribution in [-0.2, 0) is 13.1 Å². The molecule has 3 aromatic rings. The predicted molar refractivity (Wildman–Crippen MR) is 101 cm³/mol. The molecule has 1 amide bonds. The third-order valence-corrected chi connectivity index (χ3v) is 6.94. The van der Waals surface area contributed by atoms with Crippen molar-refractivity contribution in [3.05, 3.63) is 68.8 Å². The van der Waals surface area contributed by atoms with Crippen LogP contribution in [-0.4, -0.2) is 39.4 Å². The van der Waals surface area contributed by atoms with Crippen LogP contribution in [0.15, 0.2) is 53.4 Å². The van der Waals surface area contributed by atoms with E-state index < -0.39 is 0 Å². The first kappa shape index (κ1) is 15.4. The van der Waals surface area contributed by atoms with Crippen molar-refractivity contribution in [2.75, 3.05) is 13.1 Å². The van der Waals surface area contributed by atoms with E-state index in [0.717, 1.165) is 31.9 Å². The first-order chi connectivity index (χ1) is 12.3. The van der Waals surface area contributed by atoms with Gasteiger partial charge in [0.1, 0.15) is 5.69 Å². The fourth-order valence-corrected chi connectivity index (χ4v) is 5.55. The Morgan fingerprint density at radius 2 is 1.64 bits per heavy atom. The van der Waals surface area contributed by atoms with Gasteiger partial charge in [-0.05, 0) is 35.0 Å². The number of fused-ring (bicyclic) bond motifs is 3. The van der Waals surface area contributed by atoms with Crippen LogP contribution in [0.3, 0.4) is 0 Å². The minimum absolute atomic E-state index is 0.164. The number of hydrogen-bond donors (Lipinski definition) is 0. The normalized spacial score (nSPS) is 23.0. The van der Waals surface area contributed by atoms with Crippen molar-refractivity contribution in [3.8, 4) is 0 Å². The van der Waals surface area contributed by atoms with Gasteiger partial charge < -0.3 is 9.47 Å². The second kappa shape index (κ2) is 6.12. The van der Waals surface area contributed by atoms with Crippen LogP contribution >= 0.6 is 22.7 Å². The van der Waals surface area contributed by atoms with E-state index in [2.05, 4.69) is 55.6 Å². The van der Waals surface area contributed by atoms with Gasteiger partial charge in [-0.3, -0.25) is 9.69 Å². The molecule has 1 fully saturated rings. The standard InChI is InChI=1S/C19H19N3OS2/c23-19-16-6-1-7-21(16)17-12-20(10-14-4-2-8-24-14)13-18(17)22(19)11-15-5-3-9-25-15/h1-9,17-18H,10-13H2/t17-,18-/m1/s1. The predicted octanol–water partition coefficient (Wildman–Crippen LogP) is 3.69. The minimum Gasteiger partial charge on any atom is -0.337 e. The number of likely N-dealkylation sites (tertiary alicyclic amines) is 1. The van der Waals surface area contributed by atoms with Crippen molar-refractivity contribution in [2.24, 2.45) is 0 Å². The molecule has 0 radical (unpaired) electrons. The zero-order chi connectivity index (χ0) is 16.8. The summed E-state index contributed by atoms with van der Waals surface area (Å²) in [7, 11) is 0. The maximum atomic E-state index is 13.1. The van der Waals surface area contributed by atoms with Crippen LogP contribution in [0.25, 0.3) is 0 Å². The van der Waals surface area contributed by atoms with Gasteiger partial charge in [0.25, 0.3) is 5.91 Å². The van der Waals surface area contributed by atoms with Gasteiger partial charge >= 0.3 is 0 Å². The molecule has 2 atom stereocenters. The second-order valence-electron chi connectivity index (χ2n) is 6.72. The van der Waals surface area contributed by atoms with E-state index in [1.807, 2.05) is 23.5 Å². The van der Waals surface area contributed by atoms with Crippen molar-refractivity contribution in [2.45, 2.75) is 25.2 Å². The molecule has 1 saturated heterocycles. The Bertz CT molecular complexity index is 869. The molecule has 0 N–H and O–H groups in total. The van der Waals surface area contributed by atoms with Crippen molar-refractivity contribution in [3.63, 3.8) is 0 Å². The lowest BCUT2D eigenvalue weighted by Gasteiger charge is -2.38. The van der Waals surface area contributed by atoms with Gasteiger partial charge in [0, 0.05) is 35.6 Å². The average Bonchev–Trinajstić information content (AvgIpc) is 3.36. The smallest absolute Gasteiger partial charge is 0.271 e. The van der Waals surface area contributed by atoms with Crippen molar-refractivity contribution >= 4 is 28.6 Å². The molecule has 4 nitrogen and oxygen atoms in total. The maximum Gasteiger partial charge on any atom is 0.271 e. The van der Waals surface area contributed by atoms with Crippen LogP contribution in [0.5, 0.6) is 0 Å². The Balaban J connectivity index is 1.45. The van der Waals surface area contributed by atoms with Gasteiger partial charge in [0.15, 0.2) is 0 Å². The number of aromatic nitrogens is 1. The van der Waals surface area contributed by atoms with E-state index >= 15 is 0 Å². The average molecular weight is 370 g/mol. The second-order valence-corrected chi connectivity index (χ2v) is 8.79. The molecular formula is C19H19N3OS2. The Kier molecular flexibility index (Phi) is 3.77. The highest BCUT2D eigenvalue weighted by atomic mass is 32.1. The van der Waals surface area contributed by atoms with Gasteiger partial charge in [-0.2, -0.15) is 0 Å². The molecule has 0 saturated carbocycles. The summed E-state index contributed by atoms with van der Waals surface area (Å²) in [6.07, 6.45) is 2.07. The first-order valence-corrected chi connectivity index (χ1v) is 10.3. The third-order valence-electron chi connectivity index (χ3n) is 5.22. The zero-order valence-electron chi connectivity index (χ0n) is 13.7. The SMILES string of the molecule is O=C1c2cccn2[C@@H]2CN(Cc3cccs3)C[C@H]2N1Cc1cccs1. The van der Waals surface area contributed by atoms with Gasteiger partial charge in [-0.15, -0.1) is 22.7 Å². The van der Waals surface area contributed by atoms with Gasteiger partial charge in [-0.25, -0.2) is 0 Å². The van der Waals surface area contributed by atoms with Crippen molar-refractivity contribution < 1.29 is 4.79 Å². The van der Waals surface area contributed by atoms with Gasteiger partial charge in [0.2, 0.25) is 0 Å². The molecule has 0 bridgehead atoms. The summed E-state index contributed by atoms with van der Waals surface area (Å²) in [6.45, 7) is 3.63. The number of hydrogen-bond acceptors (Lipinski definition) is 4. The molecule has 5 heterocycles. The van der Waals surface area contributed by atoms with E-state index in [0.29, 0.717) is 6.04 Å². The molecule has 3 aromatic heterocycles. The molecule has 0 spiro atoms. The molecule has 0 aromatic carbocycles. The lowest BCUT2D eigenvalue weighted by atomic mass is 10.1. The van der Waals surface area contributed by atoms with E-state index in [1.54, 1.807) is 11.3 Å². The molecule has 0 unspecified atom stereocenters. The molecule has 128 valence electrons. The number of thiophene rings is 2.